The molecule has 15 heavy (non-hydrogen) atoms. The summed E-state index contributed by atoms with van der Waals surface area (Å²) in [6, 6.07) is 2.09. The van der Waals surface area contributed by atoms with E-state index in [9.17, 15) is 0 Å². The first-order valence-electron chi connectivity index (χ1n) is 5.62. The molecule has 0 saturated heterocycles. The van der Waals surface area contributed by atoms with Gasteiger partial charge in [-0.1, -0.05) is 34.9 Å². The molecular weight excluding hydrogens is 254 g/mol. The number of aromatic nitrogens is 1. The van der Waals surface area contributed by atoms with Crippen LogP contribution in [0.5, 0.6) is 0 Å². The van der Waals surface area contributed by atoms with Gasteiger partial charge < -0.3 is 4.52 Å². The van der Waals surface area contributed by atoms with Crippen LogP contribution in [0.2, 0.25) is 0 Å². The van der Waals surface area contributed by atoms with Gasteiger partial charge in [0.2, 0.25) is 0 Å². The van der Waals surface area contributed by atoms with Crippen molar-refractivity contribution in [2.75, 3.05) is 0 Å². The van der Waals surface area contributed by atoms with Crippen molar-refractivity contribution in [1.29, 1.82) is 0 Å². The van der Waals surface area contributed by atoms with Gasteiger partial charge in [0.05, 0.1) is 11.0 Å². The predicted octanol–water partition coefficient (Wildman–Crippen LogP) is 4.25. The van der Waals surface area contributed by atoms with Gasteiger partial charge in [-0.05, 0) is 31.1 Å². The van der Waals surface area contributed by atoms with Crippen LogP contribution in [0.25, 0.3) is 0 Å². The Morgan fingerprint density at radius 1 is 1.47 bits per heavy atom. The van der Waals surface area contributed by atoms with E-state index in [1.807, 2.05) is 0 Å². The van der Waals surface area contributed by atoms with E-state index in [0.29, 0.717) is 11.3 Å². The fourth-order valence-electron chi connectivity index (χ4n) is 2.28. The van der Waals surface area contributed by atoms with Gasteiger partial charge in [-0.2, -0.15) is 0 Å². The molecule has 0 aliphatic heterocycles. The lowest BCUT2D eigenvalue weighted by atomic mass is 9.72. The van der Waals surface area contributed by atoms with Gasteiger partial charge in [-0.3, -0.25) is 0 Å². The Labute approximate surface area is 99.5 Å². The molecule has 2 nitrogen and oxygen atoms in total. The average molecular weight is 272 g/mol. The summed E-state index contributed by atoms with van der Waals surface area (Å²) in [4.78, 5) is 0. The molecule has 0 amide bonds. The number of alkyl halides is 1. The van der Waals surface area contributed by atoms with Crippen LogP contribution in [0.3, 0.4) is 0 Å². The van der Waals surface area contributed by atoms with E-state index >= 15 is 0 Å². The first-order valence-corrected chi connectivity index (χ1v) is 6.74. The highest BCUT2D eigenvalue weighted by Gasteiger charge is 2.29. The van der Waals surface area contributed by atoms with Gasteiger partial charge in [0, 0.05) is 12.0 Å². The molecule has 1 aromatic rings. The molecule has 1 fully saturated rings. The standard InChI is InChI=1S/C12H18BrNO/c1-12(2)5-3-9(4-6-12)11-7-10(8-13)15-14-11/h7,9H,3-6,8H2,1-2H3. The first kappa shape index (κ1) is 11.2. The molecule has 2 rings (SSSR count). The van der Waals surface area contributed by atoms with Crippen LogP contribution < -0.4 is 0 Å². The molecule has 3 heteroatoms. The van der Waals surface area contributed by atoms with Crippen LogP contribution in [-0.4, -0.2) is 5.16 Å². The normalized spacial score (nSPS) is 21.8. The van der Waals surface area contributed by atoms with Crippen molar-refractivity contribution in [2.45, 2.75) is 50.8 Å². The zero-order chi connectivity index (χ0) is 10.9. The zero-order valence-corrected chi connectivity index (χ0v) is 11.0. The SMILES string of the molecule is CC1(C)CCC(c2cc(CBr)on2)CC1. The fourth-order valence-corrected chi connectivity index (χ4v) is 2.54. The molecule has 1 saturated carbocycles. The lowest BCUT2D eigenvalue weighted by Gasteiger charge is -2.33. The first-order chi connectivity index (χ1) is 7.11. The number of nitrogens with zero attached hydrogens (tertiary/aromatic N) is 1. The Bertz CT molecular complexity index is 322. The highest BCUT2D eigenvalue weighted by molar-refractivity contribution is 9.08. The molecule has 1 aromatic heterocycles. The van der Waals surface area contributed by atoms with Crippen molar-refractivity contribution in [3.63, 3.8) is 0 Å². The fraction of sp³-hybridized carbons (Fsp3) is 0.750. The summed E-state index contributed by atoms with van der Waals surface area (Å²) in [7, 11) is 0. The van der Waals surface area contributed by atoms with Gasteiger partial charge in [0.1, 0.15) is 5.76 Å². The van der Waals surface area contributed by atoms with Crippen molar-refractivity contribution in [2.24, 2.45) is 5.41 Å². The average Bonchev–Trinajstić information content (AvgIpc) is 2.66. The highest BCUT2D eigenvalue weighted by atomic mass is 79.9. The summed E-state index contributed by atoms with van der Waals surface area (Å²) >= 11 is 3.38. The van der Waals surface area contributed by atoms with Crippen LogP contribution in [0.4, 0.5) is 0 Å². The Morgan fingerprint density at radius 3 is 2.67 bits per heavy atom. The second kappa shape index (κ2) is 4.28. The van der Waals surface area contributed by atoms with Crippen molar-refractivity contribution in [3.8, 4) is 0 Å². The lowest BCUT2D eigenvalue weighted by Crippen LogP contribution is -2.20. The summed E-state index contributed by atoms with van der Waals surface area (Å²) in [6.07, 6.45) is 5.10. The van der Waals surface area contributed by atoms with Gasteiger partial charge in [0.25, 0.3) is 0 Å². The molecular formula is C12H18BrNO. The Morgan fingerprint density at radius 2 is 2.13 bits per heavy atom. The monoisotopic (exact) mass is 271 g/mol. The third-order valence-corrected chi connectivity index (χ3v) is 4.02. The molecule has 84 valence electrons. The van der Waals surface area contributed by atoms with Gasteiger partial charge in [0.15, 0.2) is 0 Å². The number of halogens is 1. The third-order valence-electron chi connectivity index (χ3n) is 3.47. The second-order valence-corrected chi connectivity index (χ2v) is 5.85. The van der Waals surface area contributed by atoms with Crippen molar-refractivity contribution < 1.29 is 4.52 Å². The van der Waals surface area contributed by atoms with Crippen molar-refractivity contribution in [1.82, 2.24) is 5.16 Å². The third kappa shape index (κ3) is 2.63. The smallest absolute Gasteiger partial charge is 0.147 e. The van der Waals surface area contributed by atoms with E-state index in [0.717, 1.165) is 16.8 Å². The molecule has 0 atom stereocenters. The van der Waals surface area contributed by atoms with Crippen LogP contribution in [0, 0.1) is 5.41 Å². The molecule has 0 aromatic carbocycles. The number of hydrogen-bond acceptors (Lipinski definition) is 2. The Balaban J connectivity index is 2.01. The summed E-state index contributed by atoms with van der Waals surface area (Å²) in [5.74, 6) is 1.56. The molecule has 1 aliphatic carbocycles. The quantitative estimate of drug-likeness (QED) is 0.752. The molecule has 0 radical (unpaired) electrons. The highest BCUT2D eigenvalue weighted by Crippen LogP contribution is 2.42. The van der Waals surface area contributed by atoms with Crippen LogP contribution in [-0.2, 0) is 5.33 Å². The second-order valence-electron chi connectivity index (χ2n) is 5.29. The van der Waals surface area contributed by atoms with Crippen LogP contribution in [0.1, 0.15) is 56.9 Å². The van der Waals surface area contributed by atoms with E-state index in [2.05, 4.69) is 41.0 Å². The maximum Gasteiger partial charge on any atom is 0.147 e. The molecule has 0 N–H and O–H groups in total. The van der Waals surface area contributed by atoms with Gasteiger partial charge in [-0.15, -0.1) is 0 Å². The predicted molar refractivity (Wildman–Crippen MR) is 64.1 cm³/mol. The number of rotatable bonds is 2. The van der Waals surface area contributed by atoms with E-state index in [1.165, 1.54) is 25.7 Å². The molecule has 0 bridgehead atoms. The zero-order valence-electron chi connectivity index (χ0n) is 9.42. The minimum Gasteiger partial charge on any atom is -0.360 e. The van der Waals surface area contributed by atoms with Crippen LogP contribution in [0.15, 0.2) is 10.6 Å². The van der Waals surface area contributed by atoms with Crippen molar-refractivity contribution in [3.05, 3.63) is 17.5 Å². The maximum atomic E-state index is 5.22. The Hall–Kier alpha value is -0.310. The largest absolute Gasteiger partial charge is 0.360 e. The minimum atomic E-state index is 0.526. The maximum absolute atomic E-state index is 5.22. The Kier molecular flexibility index (Phi) is 3.19. The molecule has 1 aliphatic rings. The van der Waals surface area contributed by atoms with E-state index in [-0.39, 0.29) is 0 Å². The number of hydrogen-bond donors (Lipinski definition) is 0. The minimum absolute atomic E-state index is 0.526. The van der Waals surface area contributed by atoms with Gasteiger partial charge >= 0.3 is 0 Å². The van der Waals surface area contributed by atoms with E-state index in [4.69, 9.17) is 4.52 Å². The van der Waals surface area contributed by atoms with Crippen LogP contribution >= 0.6 is 15.9 Å². The van der Waals surface area contributed by atoms with Gasteiger partial charge in [-0.25, -0.2) is 0 Å². The van der Waals surface area contributed by atoms with E-state index < -0.39 is 0 Å². The van der Waals surface area contributed by atoms with E-state index in [1.54, 1.807) is 0 Å². The summed E-state index contributed by atoms with van der Waals surface area (Å²) in [6.45, 7) is 4.71. The molecule has 0 unspecified atom stereocenters. The topological polar surface area (TPSA) is 26.0 Å². The molecule has 1 heterocycles. The summed E-state index contributed by atoms with van der Waals surface area (Å²) < 4.78 is 5.22. The summed E-state index contributed by atoms with van der Waals surface area (Å²) in [5.41, 5.74) is 1.68. The molecule has 0 spiro atoms. The van der Waals surface area contributed by atoms with Crippen molar-refractivity contribution >= 4 is 15.9 Å². The summed E-state index contributed by atoms with van der Waals surface area (Å²) in [5, 5.41) is 4.92. The lowest BCUT2D eigenvalue weighted by molar-refractivity contribution is 0.219.